The van der Waals surface area contributed by atoms with Crippen LogP contribution in [0.1, 0.15) is 12.8 Å². The number of hydrogen-bond donors (Lipinski definition) is 0. The van der Waals surface area contributed by atoms with Crippen LogP contribution in [0.2, 0.25) is 10.0 Å². The summed E-state index contributed by atoms with van der Waals surface area (Å²) >= 11 is 15.4. The predicted molar refractivity (Wildman–Crippen MR) is 134 cm³/mol. The van der Waals surface area contributed by atoms with Gasteiger partial charge in [-0.1, -0.05) is 35.3 Å². The average molecular weight is 564 g/mol. The Morgan fingerprint density at radius 3 is 2.59 bits per heavy atom. The molecular formula is C25H17BrCl2O6. The van der Waals surface area contributed by atoms with Crippen molar-refractivity contribution in [3.63, 3.8) is 0 Å². The third-order valence-corrected chi connectivity index (χ3v) is 5.85. The first-order valence-electron chi connectivity index (χ1n) is 10.2. The Morgan fingerprint density at radius 1 is 0.971 bits per heavy atom. The molecule has 0 aliphatic heterocycles. The maximum atomic E-state index is 12.8. The molecule has 0 saturated heterocycles. The summed E-state index contributed by atoms with van der Waals surface area (Å²) in [5, 5.41) is 1.25. The van der Waals surface area contributed by atoms with Gasteiger partial charge in [0.05, 0.1) is 21.5 Å². The Hall–Kier alpha value is -3.00. The van der Waals surface area contributed by atoms with E-state index in [9.17, 15) is 9.59 Å². The molecule has 6 nitrogen and oxygen atoms in total. The molecule has 174 valence electrons. The summed E-state index contributed by atoms with van der Waals surface area (Å²) in [7, 11) is 0. The summed E-state index contributed by atoms with van der Waals surface area (Å²) in [4.78, 5) is 24.9. The number of para-hydroxylation sites is 1. The van der Waals surface area contributed by atoms with Crippen molar-refractivity contribution < 1.29 is 23.4 Å². The first-order chi connectivity index (χ1) is 16.4. The summed E-state index contributed by atoms with van der Waals surface area (Å²) in [6, 6.07) is 16.5. The Morgan fingerprint density at radius 2 is 1.79 bits per heavy atom. The molecule has 0 aliphatic rings. The van der Waals surface area contributed by atoms with Crippen molar-refractivity contribution in [1.82, 2.24) is 0 Å². The molecule has 0 atom stereocenters. The number of carbonyl (C=O) groups excluding carboxylic acids is 1. The standard InChI is InChI=1S/C25H17BrCl2O6/c26-18-12-15(27)7-10-20(18)31-11-3-6-24(29)33-16-8-9-17-22(13-16)32-14-23(25(17)30)34-21-5-2-1-4-19(21)28/h1-2,4-5,7-10,12-14H,3,6,11H2. The van der Waals surface area contributed by atoms with Crippen LogP contribution in [0, 0.1) is 0 Å². The summed E-state index contributed by atoms with van der Waals surface area (Å²) in [6.07, 6.45) is 1.81. The fourth-order valence-corrected chi connectivity index (χ4v) is 4.02. The zero-order valence-electron chi connectivity index (χ0n) is 17.6. The van der Waals surface area contributed by atoms with Gasteiger partial charge in [0.25, 0.3) is 0 Å². The Kier molecular flexibility index (Phi) is 7.77. The van der Waals surface area contributed by atoms with E-state index in [0.29, 0.717) is 34.6 Å². The molecule has 1 heterocycles. The maximum Gasteiger partial charge on any atom is 0.311 e. The topological polar surface area (TPSA) is 75.0 Å². The number of esters is 1. The number of halogens is 3. The van der Waals surface area contributed by atoms with Crippen molar-refractivity contribution in [3.8, 4) is 23.0 Å². The Labute approximate surface area is 213 Å². The van der Waals surface area contributed by atoms with Gasteiger partial charge in [-0.2, -0.15) is 0 Å². The van der Waals surface area contributed by atoms with Crippen LogP contribution in [0.4, 0.5) is 0 Å². The van der Waals surface area contributed by atoms with Gasteiger partial charge in [-0.25, -0.2) is 0 Å². The quantitative estimate of drug-likeness (QED) is 0.126. The molecule has 0 amide bonds. The fourth-order valence-electron chi connectivity index (χ4n) is 3.04. The molecule has 4 rings (SSSR count). The van der Waals surface area contributed by atoms with E-state index in [1.165, 1.54) is 24.5 Å². The second-order valence-electron chi connectivity index (χ2n) is 7.12. The predicted octanol–water partition coefficient (Wildman–Crippen LogP) is 7.42. The zero-order valence-corrected chi connectivity index (χ0v) is 20.7. The van der Waals surface area contributed by atoms with E-state index in [2.05, 4.69) is 15.9 Å². The van der Waals surface area contributed by atoms with E-state index in [4.69, 9.17) is 41.8 Å². The van der Waals surface area contributed by atoms with Gasteiger partial charge in [0.1, 0.15) is 29.1 Å². The molecule has 34 heavy (non-hydrogen) atoms. The molecule has 4 aromatic rings. The maximum absolute atomic E-state index is 12.8. The third-order valence-electron chi connectivity index (χ3n) is 4.68. The molecule has 0 aliphatic carbocycles. The Bertz CT molecular complexity index is 1400. The van der Waals surface area contributed by atoms with Crippen LogP contribution in [0.3, 0.4) is 0 Å². The minimum atomic E-state index is -0.431. The highest BCUT2D eigenvalue weighted by Gasteiger charge is 2.13. The van der Waals surface area contributed by atoms with Gasteiger partial charge in [-0.05, 0) is 64.8 Å². The summed E-state index contributed by atoms with van der Waals surface area (Å²) in [6.45, 7) is 0.329. The Balaban J connectivity index is 1.35. The van der Waals surface area contributed by atoms with Crippen molar-refractivity contribution in [1.29, 1.82) is 0 Å². The van der Waals surface area contributed by atoms with Crippen molar-refractivity contribution >= 4 is 56.1 Å². The second-order valence-corrected chi connectivity index (χ2v) is 8.82. The lowest BCUT2D eigenvalue weighted by atomic mass is 10.2. The van der Waals surface area contributed by atoms with Crippen molar-refractivity contribution in [3.05, 3.63) is 91.7 Å². The monoisotopic (exact) mass is 562 g/mol. The third kappa shape index (κ3) is 5.91. The first kappa shape index (κ1) is 24.1. The van der Waals surface area contributed by atoms with E-state index >= 15 is 0 Å². The SMILES string of the molecule is O=C(CCCOc1ccc(Cl)cc1Br)Oc1ccc2c(=O)c(Oc3ccccc3Cl)coc2c1. The van der Waals surface area contributed by atoms with Crippen LogP contribution >= 0.6 is 39.1 Å². The second kappa shape index (κ2) is 11.0. The largest absolute Gasteiger partial charge is 0.492 e. The number of benzene rings is 3. The summed E-state index contributed by atoms with van der Waals surface area (Å²) in [5.41, 5.74) is -0.109. The number of hydrogen-bond acceptors (Lipinski definition) is 6. The molecule has 0 bridgehead atoms. The van der Waals surface area contributed by atoms with Crippen molar-refractivity contribution in [2.24, 2.45) is 0 Å². The molecule has 0 N–H and O–H groups in total. The van der Waals surface area contributed by atoms with Gasteiger partial charge in [-0.3, -0.25) is 9.59 Å². The number of rotatable bonds is 8. The van der Waals surface area contributed by atoms with Crippen LogP contribution in [0.5, 0.6) is 23.0 Å². The minimum Gasteiger partial charge on any atom is -0.492 e. The lowest BCUT2D eigenvalue weighted by Gasteiger charge is -2.09. The van der Waals surface area contributed by atoms with Crippen LogP contribution in [0.15, 0.2) is 80.6 Å². The van der Waals surface area contributed by atoms with E-state index in [1.54, 1.807) is 42.5 Å². The van der Waals surface area contributed by atoms with Crippen molar-refractivity contribution in [2.45, 2.75) is 12.8 Å². The highest BCUT2D eigenvalue weighted by atomic mass is 79.9. The fraction of sp³-hybridized carbons (Fsp3) is 0.120. The van der Waals surface area contributed by atoms with E-state index in [-0.39, 0.29) is 34.3 Å². The highest BCUT2D eigenvalue weighted by Crippen LogP contribution is 2.30. The van der Waals surface area contributed by atoms with E-state index < -0.39 is 5.97 Å². The molecule has 0 radical (unpaired) electrons. The molecule has 9 heteroatoms. The van der Waals surface area contributed by atoms with Gasteiger partial charge in [0.2, 0.25) is 11.2 Å². The van der Waals surface area contributed by atoms with Crippen molar-refractivity contribution in [2.75, 3.05) is 6.61 Å². The number of fused-ring (bicyclic) bond motifs is 1. The molecule has 1 aromatic heterocycles. The van der Waals surface area contributed by atoms with Crippen LogP contribution in [-0.2, 0) is 4.79 Å². The van der Waals surface area contributed by atoms with Crippen LogP contribution in [-0.4, -0.2) is 12.6 Å². The van der Waals surface area contributed by atoms with E-state index in [0.717, 1.165) is 4.47 Å². The van der Waals surface area contributed by atoms with Gasteiger partial charge in [0.15, 0.2) is 0 Å². The lowest BCUT2D eigenvalue weighted by molar-refractivity contribution is -0.134. The van der Waals surface area contributed by atoms with Gasteiger partial charge >= 0.3 is 5.97 Å². The normalized spacial score (nSPS) is 10.8. The summed E-state index contributed by atoms with van der Waals surface area (Å²) < 4.78 is 22.9. The molecule has 0 saturated carbocycles. The molecule has 3 aromatic carbocycles. The zero-order chi connectivity index (χ0) is 24.1. The first-order valence-corrected chi connectivity index (χ1v) is 11.7. The smallest absolute Gasteiger partial charge is 0.311 e. The molecule has 0 fully saturated rings. The van der Waals surface area contributed by atoms with Gasteiger partial charge < -0.3 is 18.6 Å². The van der Waals surface area contributed by atoms with Crippen LogP contribution < -0.4 is 19.6 Å². The molecule has 0 spiro atoms. The minimum absolute atomic E-state index is 0.00216. The number of ether oxygens (including phenoxy) is 3. The lowest BCUT2D eigenvalue weighted by Crippen LogP contribution is -2.10. The number of carbonyl (C=O) groups is 1. The summed E-state index contributed by atoms with van der Waals surface area (Å²) in [5.74, 6) is 0.813. The highest BCUT2D eigenvalue weighted by molar-refractivity contribution is 9.10. The average Bonchev–Trinajstić information content (AvgIpc) is 2.81. The van der Waals surface area contributed by atoms with Crippen LogP contribution in [0.25, 0.3) is 11.0 Å². The van der Waals surface area contributed by atoms with Gasteiger partial charge in [-0.15, -0.1) is 0 Å². The van der Waals surface area contributed by atoms with Gasteiger partial charge in [0, 0.05) is 17.5 Å². The molecule has 0 unspecified atom stereocenters. The molecular weight excluding hydrogens is 547 g/mol. The van der Waals surface area contributed by atoms with E-state index in [1.807, 2.05) is 0 Å².